The zero-order chi connectivity index (χ0) is 6.69. The van der Waals surface area contributed by atoms with Crippen molar-refractivity contribution >= 4 is 11.4 Å². The third-order valence-electron chi connectivity index (χ3n) is 1.17. The quantitative estimate of drug-likeness (QED) is 0.605. The molecule has 1 aliphatic heterocycles. The topological polar surface area (TPSA) is 35.5 Å². The Hall–Kier alpha value is 0.0700. The highest BCUT2D eigenvalue weighted by Gasteiger charge is 2.26. The van der Waals surface area contributed by atoms with Crippen LogP contribution < -0.4 is 0 Å². The molecule has 0 N–H and O–H groups in total. The van der Waals surface area contributed by atoms with E-state index in [4.69, 9.17) is 8.37 Å². The molecule has 0 aromatic rings. The van der Waals surface area contributed by atoms with Crippen LogP contribution >= 0.6 is 0 Å². The standard InChI is InChI=1S/C5H10O3S/c1-2-3-4-5-7-9(6)8-5/h5H,2-4H2,1H3. The van der Waals surface area contributed by atoms with E-state index in [1.807, 2.05) is 0 Å². The SMILES string of the molecule is CCCCC1OS(=O)O1. The second kappa shape index (κ2) is 3.29. The summed E-state index contributed by atoms with van der Waals surface area (Å²) >= 11 is -1.43. The van der Waals surface area contributed by atoms with Gasteiger partial charge in [-0.1, -0.05) is 13.3 Å². The van der Waals surface area contributed by atoms with Crippen LogP contribution in [-0.2, 0) is 19.7 Å². The molecule has 0 aromatic heterocycles. The van der Waals surface area contributed by atoms with Crippen molar-refractivity contribution in [1.29, 1.82) is 0 Å². The maximum absolute atomic E-state index is 10.1. The molecular formula is C5H10O3S. The lowest BCUT2D eigenvalue weighted by Gasteiger charge is -2.22. The fourth-order valence-electron chi connectivity index (χ4n) is 0.649. The van der Waals surface area contributed by atoms with Gasteiger partial charge in [-0.2, -0.15) is 4.21 Å². The van der Waals surface area contributed by atoms with Crippen molar-refractivity contribution in [3.05, 3.63) is 0 Å². The predicted molar refractivity (Wildman–Crippen MR) is 33.6 cm³/mol. The van der Waals surface area contributed by atoms with E-state index in [2.05, 4.69) is 6.92 Å². The summed E-state index contributed by atoms with van der Waals surface area (Å²) < 4.78 is 19.5. The normalized spacial score (nSPS) is 33.9. The van der Waals surface area contributed by atoms with Gasteiger partial charge in [0.15, 0.2) is 6.29 Å². The molecule has 54 valence electrons. The van der Waals surface area contributed by atoms with Gasteiger partial charge < -0.3 is 0 Å². The van der Waals surface area contributed by atoms with E-state index in [0.29, 0.717) is 0 Å². The highest BCUT2D eigenvalue weighted by Crippen LogP contribution is 2.18. The highest BCUT2D eigenvalue weighted by atomic mass is 32.2. The van der Waals surface area contributed by atoms with Gasteiger partial charge in [0, 0.05) is 6.42 Å². The molecule has 0 aromatic carbocycles. The van der Waals surface area contributed by atoms with Crippen molar-refractivity contribution in [2.24, 2.45) is 0 Å². The molecule has 0 saturated carbocycles. The van der Waals surface area contributed by atoms with Gasteiger partial charge >= 0.3 is 11.4 Å². The van der Waals surface area contributed by atoms with Gasteiger partial charge in [0.1, 0.15) is 0 Å². The molecular weight excluding hydrogens is 140 g/mol. The Labute approximate surface area is 57.2 Å². The van der Waals surface area contributed by atoms with E-state index in [9.17, 15) is 4.21 Å². The van der Waals surface area contributed by atoms with E-state index < -0.39 is 11.4 Å². The summed E-state index contributed by atoms with van der Waals surface area (Å²) in [4.78, 5) is 0. The van der Waals surface area contributed by atoms with Gasteiger partial charge in [-0.15, -0.1) is 0 Å². The summed E-state index contributed by atoms with van der Waals surface area (Å²) in [6, 6.07) is 0. The van der Waals surface area contributed by atoms with Crippen molar-refractivity contribution in [2.45, 2.75) is 32.5 Å². The lowest BCUT2D eigenvalue weighted by atomic mass is 10.2. The molecule has 0 amide bonds. The van der Waals surface area contributed by atoms with E-state index in [1.165, 1.54) is 0 Å². The largest absolute Gasteiger partial charge is 0.309 e. The van der Waals surface area contributed by atoms with Crippen molar-refractivity contribution in [2.75, 3.05) is 0 Å². The number of unbranched alkanes of at least 4 members (excludes halogenated alkanes) is 1. The average molecular weight is 150 g/mol. The van der Waals surface area contributed by atoms with Crippen LogP contribution in [0.1, 0.15) is 26.2 Å². The molecule has 1 fully saturated rings. The maximum Gasteiger partial charge on any atom is 0.309 e. The number of hydrogen-bond acceptors (Lipinski definition) is 3. The first-order chi connectivity index (χ1) is 4.33. The van der Waals surface area contributed by atoms with Crippen LogP contribution in [0.25, 0.3) is 0 Å². The summed E-state index contributed by atoms with van der Waals surface area (Å²) in [5, 5.41) is 0. The second-order valence-corrected chi connectivity index (χ2v) is 2.76. The number of hydrogen-bond donors (Lipinski definition) is 0. The minimum atomic E-state index is -1.43. The minimum Gasteiger partial charge on any atom is -0.235 e. The molecule has 0 bridgehead atoms. The van der Waals surface area contributed by atoms with Gasteiger partial charge in [0.25, 0.3) is 0 Å². The van der Waals surface area contributed by atoms with Crippen LogP contribution in [0.4, 0.5) is 0 Å². The Morgan fingerprint density at radius 3 is 2.67 bits per heavy atom. The van der Waals surface area contributed by atoms with E-state index >= 15 is 0 Å². The lowest BCUT2D eigenvalue weighted by molar-refractivity contribution is -0.0669. The summed E-state index contributed by atoms with van der Waals surface area (Å²) in [6.45, 7) is 2.09. The molecule has 4 heteroatoms. The zero-order valence-corrected chi connectivity index (χ0v) is 6.15. The molecule has 0 unspecified atom stereocenters. The summed E-state index contributed by atoms with van der Waals surface area (Å²) in [5.74, 6) is 0. The van der Waals surface area contributed by atoms with Crippen LogP contribution in [0.3, 0.4) is 0 Å². The third kappa shape index (κ3) is 2.04. The Balaban J connectivity index is 1.97. The molecule has 9 heavy (non-hydrogen) atoms. The molecule has 1 aliphatic rings. The predicted octanol–water partition coefficient (Wildman–Crippen LogP) is 1.13. The van der Waals surface area contributed by atoms with Crippen molar-refractivity contribution in [1.82, 2.24) is 0 Å². The first-order valence-electron chi connectivity index (χ1n) is 3.09. The maximum atomic E-state index is 10.1. The fourth-order valence-corrected chi connectivity index (χ4v) is 1.21. The van der Waals surface area contributed by atoms with Crippen LogP contribution in [0.2, 0.25) is 0 Å². The highest BCUT2D eigenvalue weighted by molar-refractivity contribution is 7.76. The van der Waals surface area contributed by atoms with E-state index in [1.54, 1.807) is 0 Å². The molecule has 1 saturated heterocycles. The third-order valence-corrected chi connectivity index (χ3v) is 1.91. The first-order valence-corrected chi connectivity index (χ1v) is 4.09. The lowest BCUT2D eigenvalue weighted by Crippen LogP contribution is -2.30. The van der Waals surface area contributed by atoms with Crippen LogP contribution in [0, 0.1) is 0 Å². The van der Waals surface area contributed by atoms with Crippen molar-refractivity contribution in [3.63, 3.8) is 0 Å². The van der Waals surface area contributed by atoms with Crippen molar-refractivity contribution < 1.29 is 12.6 Å². The molecule has 3 nitrogen and oxygen atoms in total. The van der Waals surface area contributed by atoms with Crippen LogP contribution in [0.15, 0.2) is 0 Å². The minimum absolute atomic E-state index is 0.189. The molecule has 0 atom stereocenters. The average Bonchev–Trinajstić information content (AvgIpc) is 1.78. The van der Waals surface area contributed by atoms with Crippen molar-refractivity contribution in [3.8, 4) is 0 Å². The van der Waals surface area contributed by atoms with Gasteiger partial charge in [-0.05, 0) is 6.42 Å². The molecule has 1 heterocycles. The molecule has 0 radical (unpaired) electrons. The Kier molecular flexibility index (Phi) is 2.63. The zero-order valence-electron chi connectivity index (χ0n) is 5.33. The van der Waals surface area contributed by atoms with E-state index in [0.717, 1.165) is 19.3 Å². The monoisotopic (exact) mass is 150 g/mol. The van der Waals surface area contributed by atoms with E-state index in [-0.39, 0.29) is 6.29 Å². The second-order valence-electron chi connectivity index (χ2n) is 1.97. The first kappa shape index (κ1) is 7.18. The molecule has 0 aliphatic carbocycles. The Morgan fingerprint density at radius 2 is 2.22 bits per heavy atom. The summed E-state index contributed by atoms with van der Waals surface area (Å²) in [5.41, 5.74) is 0. The smallest absolute Gasteiger partial charge is 0.235 e. The summed E-state index contributed by atoms with van der Waals surface area (Å²) in [6.07, 6.45) is 2.87. The fraction of sp³-hybridized carbons (Fsp3) is 1.00. The summed E-state index contributed by atoms with van der Waals surface area (Å²) in [7, 11) is 0. The Bertz CT molecular complexity index is 107. The van der Waals surface area contributed by atoms with Crippen LogP contribution in [-0.4, -0.2) is 10.5 Å². The van der Waals surface area contributed by atoms with Gasteiger partial charge in [0.2, 0.25) is 0 Å². The molecule has 0 spiro atoms. The van der Waals surface area contributed by atoms with Crippen LogP contribution in [0.5, 0.6) is 0 Å². The van der Waals surface area contributed by atoms with Gasteiger partial charge in [-0.3, -0.25) is 0 Å². The molecule has 1 rings (SSSR count). The van der Waals surface area contributed by atoms with Gasteiger partial charge in [0.05, 0.1) is 0 Å². The number of rotatable bonds is 3. The Morgan fingerprint density at radius 1 is 1.56 bits per heavy atom. The van der Waals surface area contributed by atoms with Gasteiger partial charge in [-0.25, -0.2) is 8.37 Å².